The van der Waals surface area contributed by atoms with E-state index in [0.29, 0.717) is 13.0 Å². The van der Waals surface area contributed by atoms with Crippen molar-refractivity contribution in [1.82, 2.24) is 9.80 Å². The lowest BCUT2D eigenvalue weighted by atomic mass is 9.72. The smallest absolute Gasteiger partial charge is 0.222 e. The van der Waals surface area contributed by atoms with Crippen LogP contribution >= 0.6 is 0 Å². The number of carbonyl (C=O) groups is 1. The molecule has 2 aliphatic rings. The van der Waals surface area contributed by atoms with Crippen molar-refractivity contribution in [3.05, 3.63) is 34.9 Å². The van der Waals surface area contributed by atoms with E-state index in [-0.39, 0.29) is 17.9 Å². The van der Waals surface area contributed by atoms with E-state index in [2.05, 4.69) is 36.9 Å². The molecule has 1 N–H and O–H groups in total. The Bertz CT molecular complexity index is 591. The first-order chi connectivity index (χ1) is 11.5. The van der Waals surface area contributed by atoms with E-state index in [9.17, 15) is 9.90 Å². The number of rotatable bonds is 4. The molecule has 4 heteroatoms. The SMILES string of the molecule is Cc1ccc(C)c(CN2CCC3(CCC(=O)N(CCO)C3)CC2)c1. The quantitative estimate of drug-likeness (QED) is 0.922. The van der Waals surface area contributed by atoms with Gasteiger partial charge in [-0.2, -0.15) is 0 Å². The second kappa shape index (κ2) is 7.24. The van der Waals surface area contributed by atoms with Crippen LogP contribution in [0.1, 0.15) is 42.4 Å². The Morgan fingerprint density at radius 1 is 1.17 bits per heavy atom. The first-order valence-corrected chi connectivity index (χ1v) is 9.18. The predicted octanol–water partition coefficient (Wildman–Crippen LogP) is 2.50. The van der Waals surface area contributed by atoms with Gasteiger partial charge in [0.15, 0.2) is 0 Å². The number of β-amino-alcohol motifs (C(OH)–C–C–N with tert-alkyl or cyclic N) is 1. The zero-order valence-corrected chi connectivity index (χ0v) is 15.1. The van der Waals surface area contributed by atoms with Gasteiger partial charge in [0.05, 0.1) is 6.61 Å². The highest BCUT2D eigenvalue weighted by Crippen LogP contribution is 2.40. The molecule has 1 aromatic carbocycles. The molecule has 0 bridgehead atoms. The molecule has 0 aromatic heterocycles. The van der Waals surface area contributed by atoms with E-state index < -0.39 is 0 Å². The lowest BCUT2D eigenvalue weighted by molar-refractivity contribution is -0.139. The minimum absolute atomic E-state index is 0.0700. The van der Waals surface area contributed by atoms with Gasteiger partial charge in [-0.1, -0.05) is 23.8 Å². The number of amides is 1. The molecule has 1 spiro atoms. The summed E-state index contributed by atoms with van der Waals surface area (Å²) >= 11 is 0. The van der Waals surface area contributed by atoms with Crippen molar-refractivity contribution in [2.45, 2.75) is 46.1 Å². The van der Waals surface area contributed by atoms with Crippen LogP contribution in [0.15, 0.2) is 18.2 Å². The van der Waals surface area contributed by atoms with Crippen molar-refractivity contribution >= 4 is 5.91 Å². The third-order valence-electron chi connectivity index (χ3n) is 5.93. The zero-order chi connectivity index (χ0) is 17.2. The molecule has 2 fully saturated rings. The fourth-order valence-corrected chi connectivity index (χ4v) is 4.23. The zero-order valence-electron chi connectivity index (χ0n) is 15.1. The van der Waals surface area contributed by atoms with E-state index >= 15 is 0 Å². The number of aliphatic hydroxyl groups excluding tert-OH is 1. The first kappa shape index (κ1) is 17.4. The van der Waals surface area contributed by atoms with Gasteiger partial charge >= 0.3 is 0 Å². The average molecular weight is 330 g/mol. The lowest BCUT2D eigenvalue weighted by Gasteiger charge is -2.47. The molecular formula is C20H30N2O2. The number of piperidine rings is 2. The standard InChI is InChI=1S/C20H30N2O2/c1-16-3-4-17(2)18(13-16)14-21-9-7-20(8-10-21)6-5-19(24)22(15-20)11-12-23/h3-4,13,23H,5-12,14-15H2,1-2H3. The van der Waals surface area contributed by atoms with Gasteiger partial charge in [-0.15, -0.1) is 0 Å². The second-order valence-electron chi connectivity index (χ2n) is 7.74. The Morgan fingerprint density at radius 2 is 1.92 bits per heavy atom. The van der Waals surface area contributed by atoms with Gasteiger partial charge in [-0.3, -0.25) is 9.69 Å². The van der Waals surface area contributed by atoms with E-state index in [1.165, 1.54) is 16.7 Å². The van der Waals surface area contributed by atoms with Gasteiger partial charge in [-0.05, 0) is 62.7 Å². The summed E-state index contributed by atoms with van der Waals surface area (Å²) < 4.78 is 0. The molecule has 3 rings (SSSR count). The Balaban J connectivity index is 1.59. The van der Waals surface area contributed by atoms with Crippen molar-refractivity contribution in [1.29, 1.82) is 0 Å². The van der Waals surface area contributed by atoms with Gasteiger partial charge in [0, 0.05) is 26.1 Å². The summed E-state index contributed by atoms with van der Waals surface area (Å²) in [5.74, 6) is 0.215. The highest BCUT2D eigenvalue weighted by atomic mass is 16.3. The summed E-state index contributed by atoms with van der Waals surface area (Å²) in [6.45, 7) is 8.99. The number of nitrogens with zero attached hydrogens (tertiary/aromatic N) is 2. The van der Waals surface area contributed by atoms with Crippen LogP contribution < -0.4 is 0 Å². The molecule has 1 aromatic rings. The van der Waals surface area contributed by atoms with Crippen LogP contribution in [0.5, 0.6) is 0 Å². The van der Waals surface area contributed by atoms with Crippen molar-refractivity contribution in [3.8, 4) is 0 Å². The topological polar surface area (TPSA) is 43.8 Å². The molecule has 2 heterocycles. The highest BCUT2D eigenvalue weighted by molar-refractivity contribution is 5.77. The Hall–Kier alpha value is -1.39. The first-order valence-electron chi connectivity index (χ1n) is 9.18. The van der Waals surface area contributed by atoms with Crippen LogP contribution in [-0.4, -0.2) is 53.6 Å². The Labute approximate surface area is 145 Å². The largest absolute Gasteiger partial charge is 0.395 e. The number of aryl methyl sites for hydroxylation is 2. The molecule has 2 aliphatic heterocycles. The fourth-order valence-electron chi connectivity index (χ4n) is 4.23. The van der Waals surface area contributed by atoms with Crippen LogP contribution in [0.25, 0.3) is 0 Å². The Kier molecular flexibility index (Phi) is 5.26. The van der Waals surface area contributed by atoms with Gasteiger partial charge in [-0.25, -0.2) is 0 Å². The fraction of sp³-hybridized carbons (Fsp3) is 0.650. The second-order valence-corrected chi connectivity index (χ2v) is 7.74. The highest BCUT2D eigenvalue weighted by Gasteiger charge is 2.40. The number of likely N-dealkylation sites (tertiary alicyclic amines) is 2. The summed E-state index contributed by atoms with van der Waals surface area (Å²) in [6.07, 6.45) is 3.99. The number of hydrogen-bond donors (Lipinski definition) is 1. The Morgan fingerprint density at radius 3 is 2.62 bits per heavy atom. The molecular weight excluding hydrogens is 300 g/mol. The summed E-state index contributed by atoms with van der Waals surface area (Å²) in [7, 11) is 0. The normalized spacial score (nSPS) is 21.5. The molecule has 0 atom stereocenters. The van der Waals surface area contributed by atoms with Gasteiger partial charge in [0.25, 0.3) is 0 Å². The number of benzene rings is 1. The minimum atomic E-state index is 0.0700. The van der Waals surface area contributed by atoms with E-state index in [1.807, 2.05) is 4.90 Å². The van der Waals surface area contributed by atoms with E-state index in [1.54, 1.807) is 0 Å². The van der Waals surface area contributed by atoms with E-state index in [4.69, 9.17) is 0 Å². The third-order valence-corrected chi connectivity index (χ3v) is 5.93. The van der Waals surface area contributed by atoms with Crippen LogP contribution in [0.4, 0.5) is 0 Å². The maximum absolute atomic E-state index is 12.0. The van der Waals surface area contributed by atoms with E-state index in [0.717, 1.165) is 45.4 Å². The molecule has 2 saturated heterocycles. The maximum atomic E-state index is 12.0. The van der Waals surface area contributed by atoms with Crippen LogP contribution in [0.3, 0.4) is 0 Å². The molecule has 24 heavy (non-hydrogen) atoms. The molecule has 132 valence electrons. The monoisotopic (exact) mass is 330 g/mol. The van der Waals surface area contributed by atoms with Crippen molar-refractivity contribution in [2.24, 2.45) is 5.41 Å². The number of carbonyl (C=O) groups excluding carboxylic acids is 1. The van der Waals surface area contributed by atoms with Crippen LogP contribution in [-0.2, 0) is 11.3 Å². The molecule has 0 aliphatic carbocycles. The molecule has 0 saturated carbocycles. The van der Waals surface area contributed by atoms with Crippen molar-refractivity contribution in [3.63, 3.8) is 0 Å². The van der Waals surface area contributed by atoms with Gasteiger partial charge < -0.3 is 10.0 Å². The molecule has 0 radical (unpaired) electrons. The molecule has 0 unspecified atom stereocenters. The number of aliphatic hydroxyl groups is 1. The summed E-state index contributed by atoms with van der Waals surface area (Å²) in [5.41, 5.74) is 4.42. The third kappa shape index (κ3) is 3.81. The van der Waals surface area contributed by atoms with Crippen molar-refractivity contribution in [2.75, 3.05) is 32.8 Å². The number of hydrogen-bond acceptors (Lipinski definition) is 3. The van der Waals surface area contributed by atoms with Crippen LogP contribution in [0.2, 0.25) is 0 Å². The van der Waals surface area contributed by atoms with Crippen LogP contribution in [0, 0.1) is 19.3 Å². The minimum Gasteiger partial charge on any atom is -0.395 e. The summed E-state index contributed by atoms with van der Waals surface area (Å²) in [6, 6.07) is 6.70. The average Bonchev–Trinajstić information content (AvgIpc) is 2.57. The van der Waals surface area contributed by atoms with Crippen molar-refractivity contribution < 1.29 is 9.90 Å². The lowest BCUT2D eigenvalue weighted by Crippen LogP contribution is -2.51. The van der Waals surface area contributed by atoms with Gasteiger partial charge in [0.1, 0.15) is 0 Å². The predicted molar refractivity (Wildman–Crippen MR) is 95.8 cm³/mol. The summed E-state index contributed by atoms with van der Waals surface area (Å²) in [4.78, 5) is 16.4. The van der Waals surface area contributed by atoms with Gasteiger partial charge in [0.2, 0.25) is 5.91 Å². The maximum Gasteiger partial charge on any atom is 0.222 e. The molecule has 1 amide bonds. The molecule has 4 nitrogen and oxygen atoms in total. The summed E-state index contributed by atoms with van der Waals surface area (Å²) in [5, 5.41) is 9.18.